The van der Waals surface area contributed by atoms with Crippen LogP contribution in [0, 0.1) is 0 Å². The maximum Gasteiger partial charge on any atom is 0.410 e. The van der Waals surface area contributed by atoms with E-state index in [1.807, 2.05) is 44.2 Å². The zero-order valence-electron chi connectivity index (χ0n) is 58.3. The van der Waals surface area contributed by atoms with E-state index in [0.29, 0.717) is 32.1 Å². The summed E-state index contributed by atoms with van der Waals surface area (Å²) < 4.78 is 35.6. The van der Waals surface area contributed by atoms with Gasteiger partial charge in [-0.2, -0.15) is 0 Å². The maximum absolute atomic E-state index is 13.1. The number of hydrogen-bond acceptors (Lipinski definition) is 23. The third-order valence-corrected chi connectivity index (χ3v) is 13.2. The van der Waals surface area contributed by atoms with Crippen LogP contribution < -0.4 is 54.0 Å². The molecule has 6 atom stereocenters. The highest BCUT2D eigenvalue weighted by Gasteiger charge is 2.31. The lowest BCUT2D eigenvalue weighted by Gasteiger charge is -2.24. The van der Waals surface area contributed by atoms with Crippen LogP contribution in [0.4, 0.5) is 9.59 Å². The average Bonchev–Trinajstić information content (AvgIpc) is 1.76. The number of carbonyl (C=O) groups excluding carboxylic acids is 11. The molecular formula is C63H98N16O18. The Labute approximate surface area is 564 Å². The molecule has 0 aliphatic rings. The van der Waals surface area contributed by atoms with Crippen LogP contribution in [0.5, 0.6) is 0 Å². The van der Waals surface area contributed by atoms with Crippen molar-refractivity contribution in [3.05, 3.63) is 89.4 Å². The molecule has 0 bridgehead atoms. The number of ether oxygens (including phenoxy) is 4. The molecule has 0 aliphatic heterocycles. The van der Waals surface area contributed by atoms with Gasteiger partial charge in [-0.15, -0.1) is 0 Å². The molecule has 4 rings (SSSR count). The van der Waals surface area contributed by atoms with Crippen LogP contribution in [0.15, 0.2) is 67.4 Å². The van der Waals surface area contributed by atoms with Gasteiger partial charge in [0.1, 0.15) is 79.3 Å². The molecule has 34 heteroatoms. The molecule has 4 aromatic rings. The monoisotopic (exact) mass is 1370 g/mol. The van der Waals surface area contributed by atoms with Gasteiger partial charge in [-0.1, -0.05) is 65.0 Å². The van der Waals surface area contributed by atoms with Crippen LogP contribution in [-0.4, -0.2) is 187 Å². The first-order valence-electron chi connectivity index (χ1n) is 31.4. The number of rotatable bonds is 32. The van der Waals surface area contributed by atoms with E-state index in [1.165, 1.54) is 45.7 Å². The first-order chi connectivity index (χ1) is 45.7. The molecule has 1 aromatic carbocycles. The number of nitrogens with zero attached hydrogens (tertiary/aromatic N) is 6. The number of nitrogens with one attached hydrogen (secondary N) is 8. The first kappa shape index (κ1) is 82.9. The summed E-state index contributed by atoms with van der Waals surface area (Å²) in [6.07, 6.45) is 5.01. The second kappa shape index (κ2) is 41.6. The molecule has 0 saturated carbocycles. The minimum atomic E-state index is -0.943. The third-order valence-electron chi connectivity index (χ3n) is 13.2. The molecule has 34 nitrogen and oxygen atoms in total. The largest absolute Gasteiger partial charge is 0.467 e. The fraction of sp³-hybridized carbons (Fsp3) is 0.571. The molecule has 12 N–H and O–H groups in total. The number of aromatic nitrogens is 3. The molecule has 1 unspecified atom stereocenters. The van der Waals surface area contributed by atoms with Crippen LogP contribution in [0.25, 0.3) is 0 Å². The van der Waals surface area contributed by atoms with Crippen molar-refractivity contribution in [1.82, 2.24) is 67.3 Å². The zero-order chi connectivity index (χ0) is 73.2. The number of carbonyl (C=O) groups is 11. The van der Waals surface area contributed by atoms with Gasteiger partial charge in [-0.05, 0) is 99.1 Å². The standard InChI is InChI=1S/C27H41N9O5.C20H32N4O7.C16H25N3O6/c1-4-18(34-25(40)21-16-41-26(36-21)19(5-2)33-22(37)15-30-3)24(39)35-20(12-9-13-31-27(28)29)23(38)32-14-17-10-7-6-8-11-17;1-8-12(21-15(25)10-24(6)19(28)31-20(3,4)5)17-23-14(11-30-17)16(26)22-13(9-2)18(27)29-7;1-7-10(13-18-11(9-24-13)14(21)23-6)17-12(20)8-19(5)15(22)25-16(2,3)4/h6-8,10-11,16,18-20,30H,4-5,9,12-15H2,1-3H3,(H,32,38)(H,33,37)(H,34,40)(H,35,39)(H4,28,29,31);11-13H,8-10H2,1-7H3,(H,21,25)(H,22,26);9-10H,7-8H2,1-6H3,(H,17,20)/t18-,19-,20?;12-,13-;10-/m000/s1. The topological polar surface area (TPSA) is 470 Å². The van der Waals surface area contributed by atoms with E-state index >= 15 is 0 Å². The smallest absolute Gasteiger partial charge is 0.410 e. The van der Waals surface area contributed by atoms with Gasteiger partial charge in [0.15, 0.2) is 23.0 Å². The molecule has 3 heterocycles. The number of likely N-dealkylation sites (N-methyl/N-ethyl adjacent to an activating group) is 3. The number of oxazole rings is 3. The summed E-state index contributed by atoms with van der Waals surface area (Å²) in [5.41, 5.74) is 10.3. The van der Waals surface area contributed by atoms with Gasteiger partial charge in [0.05, 0.1) is 20.8 Å². The second-order valence-electron chi connectivity index (χ2n) is 23.6. The number of hydrogen-bond donors (Lipinski definition) is 10. The number of benzene rings is 1. The molecule has 0 fully saturated rings. The summed E-state index contributed by atoms with van der Waals surface area (Å²) >= 11 is 0. The number of guanidine groups is 1. The number of methoxy groups -OCH3 is 2. The third kappa shape index (κ3) is 30.9. The average molecular weight is 1370 g/mol. The summed E-state index contributed by atoms with van der Waals surface area (Å²) in [4.78, 5) is 153. The minimum absolute atomic E-state index is 0.0241. The fourth-order valence-electron chi connectivity index (χ4n) is 8.13. The van der Waals surface area contributed by atoms with Crippen LogP contribution in [0.1, 0.15) is 194 Å². The van der Waals surface area contributed by atoms with Crippen molar-refractivity contribution in [2.45, 2.75) is 175 Å². The molecule has 9 amide bonds. The van der Waals surface area contributed by atoms with E-state index in [-0.39, 0.29) is 98.1 Å². The highest BCUT2D eigenvalue weighted by atomic mass is 16.6. The Morgan fingerprint density at radius 3 is 1.39 bits per heavy atom. The van der Waals surface area contributed by atoms with Gasteiger partial charge in [-0.25, -0.2) is 34.1 Å². The van der Waals surface area contributed by atoms with Gasteiger partial charge in [-0.3, -0.25) is 38.6 Å². The van der Waals surface area contributed by atoms with E-state index in [0.717, 1.165) is 16.7 Å². The molecule has 0 radical (unpaired) electrons. The molecule has 0 aliphatic carbocycles. The van der Waals surface area contributed by atoms with Crippen LogP contribution in [-0.2, 0) is 54.3 Å². The normalized spacial score (nSPS) is 12.7. The van der Waals surface area contributed by atoms with Crippen molar-refractivity contribution < 1.29 is 84.9 Å². The Morgan fingerprint density at radius 2 is 0.990 bits per heavy atom. The quantitative estimate of drug-likeness (QED) is 0.0110. The van der Waals surface area contributed by atoms with Crippen molar-refractivity contribution in [2.75, 3.05) is 61.5 Å². The highest BCUT2D eigenvalue weighted by molar-refractivity contribution is 5.97. The van der Waals surface area contributed by atoms with Crippen molar-refractivity contribution in [1.29, 1.82) is 0 Å². The van der Waals surface area contributed by atoms with E-state index in [2.05, 4.69) is 72.0 Å². The summed E-state index contributed by atoms with van der Waals surface area (Å²) in [5, 5.41) is 21.7. The van der Waals surface area contributed by atoms with Crippen molar-refractivity contribution in [3.63, 3.8) is 0 Å². The van der Waals surface area contributed by atoms with Gasteiger partial charge in [0, 0.05) is 27.2 Å². The Morgan fingerprint density at radius 1 is 0.557 bits per heavy atom. The van der Waals surface area contributed by atoms with Crippen LogP contribution in [0.3, 0.4) is 0 Å². The molecular weight excluding hydrogens is 1270 g/mol. The summed E-state index contributed by atoms with van der Waals surface area (Å²) in [7, 11) is 7.05. The highest BCUT2D eigenvalue weighted by Crippen LogP contribution is 2.20. The van der Waals surface area contributed by atoms with Gasteiger partial charge in [0.25, 0.3) is 11.8 Å². The van der Waals surface area contributed by atoms with E-state index in [4.69, 9.17) is 34.2 Å². The lowest BCUT2D eigenvalue weighted by Crippen LogP contribution is -2.53. The minimum Gasteiger partial charge on any atom is -0.467 e. The van der Waals surface area contributed by atoms with Crippen molar-refractivity contribution in [3.8, 4) is 0 Å². The predicted octanol–water partition coefficient (Wildman–Crippen LogP) is 3.51. The Hall–Kier alpha value is -10.2. The van der Waals surface area contributed by atoms with Crippen LogP contribution >= 0.6 is 0 Å². The number of esters is 2. The Bertz CT molecular complexity index is 3220. The molecule has 97 heavy (non-hydrogen) atoms. The van der Waals surface area contributed by atoms with Crippen molar-refractivity contribution >= 4 is 71.4 Å². The number of aliphatic imine (C=N–C) groups is 1. The lowest BCUT2D eigenvalue weighted by atomic mass is 10.1. The molecule has 3 aromatic heterocycles. The van der Waals surface area contributed by atoms with E-state index in [9.17, 15) is 52.7 Å². The van der Waals surface area contributed by atoms with Gasteiger partial charge in [0.2, 0.25) is 47.2 Å². The van der Waals surface area contributed by atoms with Gasteiger partial charge >= 0.3 is 24.1 Å². The number of amides is 9. The van der Waals surface area contributed by atoms with E-state index in [1.54, 1.807) is 69.4 Å². The summed E-state index contributed by atoms with van der Waals surface area (Å²) in [5.74, 6) is -3.97. The summed E-state index contributed by atoms with van der Waals surface area (Å²) in [6, 6.07) is 5.09. The SMILES string of the molecule is CC[C@H](NC(=O)CN(C)C(=O)OC(C)(C)C)c1nc(C(=O)OC)co1.CC[C@H](NC(=O)c1coc([C@H](CC)NC(=O)CN(C)C(=O)OC(C)(C)C)n1)C(=O)OC.CC[C@H](NC(=O)c1coc([C@H](CC)NC(=O)CNC)n1)C(=O)NC(CCCN=C(N)N)C(=O)NCc1ccccc1. The van der Waals surface area contributed by atoms with Crippen molar-refractivity contribution in [2.24, 2.45) is 16.5 Å². The molecule has 0 saturated heterocycles. The molecule has 538 valence electrons. The second-order valence-corrected chi connectivity index (χ2v) is 23.6. The Kier molecular flexibility index (Phi) is 35.6. The predicted molar refractivity (Wildman–Crippen MR) is 351 cm³/mol. The molecule has 0 spiro atoms. The Balaban J connectivity index is 0.000000512. The summed E-state index contributed by atoms with van der Waals surface area (Å²) in [6.45, 7) is 19.6. The van der Waals surface area contributed by atoms with Gasteiger partial charge < -0.3 is 96.0 Å². The van der Waals surface area contributed by atoms with Crippen LogP contribution in [0.2, 0.25) is 0 Å². The maximum atomic E-state index is 13.1. The van der Waals surface area contributed by atoms with E-state index < -0.39 is 101 Å². The fourth-order valence-corrected chi connectivity index (χ4v) is 8.13. The first-order valence-corrected chi connectivity index (χ1v) is 31.4. The lowest BCUT2D eigenvalue weighted by molar-refractivity contribution is -0.143. The number of nitrogens with two attached hydrogens (primary N) is 2. The zero-order valence-corrected chi connectivity index (χ0v) is 58.3.